The van der Waals surface area contributed by atoms with Gasteiger partial charge in [-0.15, -0.1) is 0 Å². The predicted octanol–water partition coefficient (Wildman–Crippen LogP) is 0.897. The number of carbonyl (C=O) groups is 1. The van der Waals surface area contributed by atoms with E-state index in [1.54, 1.807) is 6.21 Å². The molecule has 0 radical (unpaired) electrons. The molecule has 0 aliphatic carbocycles. The van der Waals surface area contributed by atoms with Gasteiger partial charge in [0.15, 0.2) is 0 Å². The van der Waals surface area contributed by atoms with E-state index in [1.165, 1.54) is 5.69 Å². The van der Waals surface area contributed by atoms with Gasteiger partial charge >= 0.3 is 6.03 Å². The Balaban J connectivity index is 1.91. The molecular weight excluding hydrogens is 256 g/mol. The first-order valence-electron chi connectivity index (χ1n) is 6.73. The van der Waals surface area contributed by atoms with Crippen LogP contribution in [0, 0.1) is 5.92 Å². The largest absolute Gasteiger partial charge is 0.396 e. The Bertz CT molecular complexity index is 465. The second kappa shape index (κ2) is 6.91. The molecular formula is C14H20N4O2. The number of aliphatic hydroxyl groups excluding tert-OH is 1. The molecule has 1 aromatic rings. The summed E-state index contributed by atoms with van der Waals surface area (Å²) in [5, 5.41) is 12.8. The minimum atomic E-state index is -0.676. The number of benzene rings is 1. The smallest absolute Gasteiger partial charge is 0.332 e. The van der Waals surface area contributed by atoms with Crippen LogP contribution in [0.15, 0.2) is 29.4 Å². The summed E-state index contributed by atoms with van der Waals surface area (Å²) in [6, 6.07) is 7.28. The predicted molar refractivity (Wildman–Crippen MR) is 78.8 cm³/mol. The number of urea groups is 1. The summed E-state index contributed by atoms with van der Waals surface area (Å²) < 4.78 is 0. The molecule has 1 aromatic carbocycles. The van der Waals surface area contributed by atoms with Crippen LogP contribution in [-0.4, -0.2) is 37.0 Å². The average Bonchev–Trinajstić information content (AvgIpc) is 2.48. The molecule has 6 heteroatoms. The average molecular weight is 276 g/mol. The first-order valence-corrected chi connectivity index (χ1v) is 6.73. The third-order valence-electron chi connectivity index (χ3n) is 3.52. The lowest BCUT2D eigenvalue weighted by atomic mass is 9.97. The number of nitrogens with one attached hydrogen (secondary N) is 1. The molecule has 20 heavy (non-hydrogen) atoms. The van der Waals surface area contributed by atoms with E-state index in [-0.39, 0.29) is 6.61 Å². The first-order chi connectivity index (χ1) is 9.69. The maximum Gasteiger partial charge on any atom is 0.332 e. The van der Waals surface area contributed by atoms with Crippen molar-refractivity contribution in [3.05, 3.63) is 29.8 Å². The molecule has 0 saturated carbocycles. The third-order valence-corrected chi connectivity index (χ3v) is 3.52. The quantitative estimate of drug-likeness (QED) is 0.563. The maximum absolute atomic E-state index is 10.5. The Morgan fingerprint density at radius 2 is 2.05 bits per heavy atom. The van der Waals surface area contributed by atoms with Crippen LogP contribution in [0.25, 0.3) is 0 Å². The van der Waals surface area contributed by atoms with Crippen LogP contribution in [0.2, 0.25) is 0 Å². The van der Waals surface area contributed by atoms with Crippen LogP contribution >= 0.6 is 0 Å². The number of hydrogen-bond acceptors (Lipinski definition) is 4. The van der Waals surface area contributed by atoms with Crippen LogP contribution in [0.1, 0.15) is 18.4 Å². The van der Waals surface area contributed by atoms with Gasteiger partial charge in [0.2, 0.25) is 0 Å². The van der Waals surface area contributed by atoms with Crippen molar-refractivity contribution in [1.29, 1.82) is 0 Å². The summed E-state index contributed by atoms with van der Waals surface area (Å²) in [5.74, 6) is 0.442. The summed E-state index contributed by atoms with van der Waals surface area (Å²) in [6.45, 7) is 2.24. The fourth-order valence-corrected chi connectivity index (χ4v) is 2.32. The second-order valence-electron chi connectivity index (χ2n) is 4.94. The standard InChI is InChI=1S/C14H20N4O2/c15-14(20)17-16-9-11-1-3-13(4-2-11)18-7-5-12(10-19)6-8-18/h1-4,9,12,19H,5-8,10H2,(H3,15,17,20). The number of aliphatic hydroxyl groups is 1. The molecule has 6 nitrogen and oxygen atoms in total. The monoisotopic (exact) mass is 276 g/mol. The summed E-state index contributed by atoms with van der Waals surface area (Å²) in [7, 11) is 0. The Hall–Kier alpha value is -2.08. The molecule has 1 aliphatic rings. The summed E-state index contributed by atoms with van der Waals surface area (Å²) in [5.41, 5.74) is 9.13. The van der Waals surface area contributed by atoms with Crippen LogP contribution < -0.4 is 16.1 Å². The van der Waals surface area contributed by atoms with Gasteiger partial charge in [-0.25, -0.2) is 10.2 Å². The molecule has 0 bridgehead atoms. The van der Waals surface area contributed by atoms with Crippen molar-refractivity contribution in [2.45, 2.75) is 12.8 Å². The number of hydrazone groups is 1. The lowest BCUT2D eigenvalue weighted by Crippen LogP contribution is -2.34. The first kappa shape index (κ1) is 14.3. The van der Waals surface area contributed by atoms with Crippen molar-refractivity contribution in [2.75, 3.05) is 24.6 Å². The molecule has 1 heterocycles. The highest BCUT2D eigenvalue weighted by Gasteiger charge is 2.18. The van der Waals surface area contributed by atoms with E-state index in [9.17, 15) is 4.79 Å². The Morgan fingerprint density at radius 1 is 1.40 bits per heavy atom. The number of carbonyl (C=O) groups excluding carboxylic acids is 1. The number of rotatable bonds is 4. The molecule has 0 aromatic heterocycles. The van der Waals surface area contributed by atoms with E-state index >= 15 is 0 Å². The normalized spacial score (nSPS) is 16.6. The van der Waals surface area contributed by atoms with Crippen molar-refractivity contribution >= 4 is 17.9 Å². The van der Waals surface area contributed by atoms with Gasteiger partial charge in [0.25, 0.3) is 0 Å². The fourth-order valence-electron chi connectivity index (χ4n) is 2.32. The molecule has 1 fully saturated rings. The van der Waals surface area contributed by atoms with Crippen LogP contribution in [0.4, 0.5) is 10.5 Å². The minimum Gasteiger partial charge on any atom is -0.396 e. The summed E-state index contributed by atoms with van der Waals surface area (Å²) in [4.78, 5) is 12.8. The Labute approximate surface area is 118 Å². The highest BCUT2D eigenvalue weighted by molar-refractivity contribution is 5.82. The molecule has 2 rings (SSSR count). The molecule has 0 spiro atoms. The van der Waals surface area contributed by atoms with Crippen molar-refractivity contribution in [3.63, 3.8) is 0 Å². The molecule has 4 N–H and O–H groups in total. The van der Waals surface area contributed by atoms with Gasteiger partial charge < -0.3 is 15.7 Å². The summed E-state index contributed by atoms with van der Waals surface area (Å²) >= 11 is 0. The molecule has 1 saturated heterocycles. The second-order valence-corrected chi connectivity index (χ2v) is 4.94. The van der Waals surface area contributed by atoms with E-state index in [4.69, 9.17) is 10.8 Å². The van der Waals surface area contributed by atoms with Gasteiger partial charge in [0, 0.05) is 25.4 Å². The molecule has 2 amide bonds. The SMILES string of the molecule is NC(=O)NN=Cc1ccc(N2CCC(CO)CC2)cc1. The topological polar surface area (TPSA) is 91.0 Å². The maximum atomic E-state index is 10.5. The number of hydrogen-bond donors (Lipinski definition) is 3. The molecule has 0 unspecified atom stereocenters. The lowest BCUT2D eigenvalue weighted by Gasteiger charge is -2.32. The highest BCUT2D eigenvalue weighted by atomic mass is 16.3. The number of nitrogens with two attached hydrogens (primary N) is 1. The number of amides is 2. The zero-order valence-corrected chi connectivity index (χ0v) is 11.3. The van der Waals surface area contributed by atoms with E-state index in [2.05, 4.69) is 15.4 Å². The van der Waals surface area contributed by atoms with Gasteiger partial charge in [-0.2, -0.15) is 5.10 Å². The number of piperidine rings is 1. The van der Waals surface area contributed by atoms with E-state index in [0.29, 0.717) is 5.92 Å². The highest BCUT2D eigenvalue weighted by Crippen LogP contribution is 2.23. The number of nitrogens with zero attached hydrogens (tertiary/aromatic N) is 2. The fraction of sp³-hybridized carbons (Fsp3) is 0.429. The zero-order chi connectivity index (χ0) is 14.4. The van der Waals surface area contributed by atoms with E-state index in [1.807, 2.05) is 24.3 Å². The van der Waals surface area contributed by atoms with E-state index in [0.717, 1.165) is 31.5 Å². The third kappa shape index (κ3) is 3.96. The molecule has 1 aliphatic heterocycles. The van der Waals surface area contributed by atoms with E-state index < -0.39 is 6.03 Å². The van der Waals surface area contributed by atoms with Crippen LogP contribution in [0.5, 0.6) is 0 Å². The number of primary amides is 1. The minimum absolute atomic E-state index is 0.288. The summed E-state index contributed by atoms with van der Waals surface area (Å²) in [6.07, 6.45) is 3.61. The van der Waals surface area contributed by atoms with Crippen LogP contribution in [0.3, 0.4) is 0 Å². The van der Waals surface area contributed by atoms with Crippen molar-refractivity contribution in [1.82, 2.24) is 5.43 Å². The Morgan fingerprint density at radius 3 is 2.60 bits per heavy atom. The van der Waals surface area contributed by atoms with Gasteiger partial charge in [-0.05, 0) is 36.5 Å². The van der Waals surface area contributed by atoms with Crippen molar-refractivity contribution in [2.24, 2.45) is 16.8 Å². The van der Waals surface area contributed by atoms with Gasteiger partial charge in [0.1, 0.15) is 0 Å². The van der Waals surface area contributed by atoms with Crippen molar-refractivity contribution < 1.29 is 9.90 Å². The Kier molecular flexibility index (Phi) is 4.95. The zero-order valence-electron chi connectivity index (χ0n) is 11.3. The van der Waals surface area contributed by atoms with Crippen LogP contribution in [-0.2, 0) is 0 Å². The number of anilines is 1. The van der Waals surface area contributed by atoms with Gasteiger partial charge in [0.05, 0.1) is 6.21 Å². The van der Waals surface area contributed by atoms with Gasteiger partial charge in [-0.1, -0.05) is 12.1 Å². The van der Waals surface area contributed by atoms with Crippen molar-refractivity contribution in [3.8, 4) is 0 Å². The van der Waals surface area contributed by atoms with Gasteiger partial charge in [-0.3, -0.25) is 0 Å². The lowest BCUT2D eigenvalue weighted by molar-refractivity contribution is 0.203. The molecule has 108 valence electrons. The molecule has 0 atom stereocenters.